The Kier molecular flexibility index (Phi) is 3.44. The molecule has 0 aliphatic heterocycles. The molecule has 1 saturated carbocycles. The van der Waals surface area contributed by atoms with Crippen LogP contribution in [0.2, 0.25) is 0 Å². The van der Waals surface area contributed by atoms with E-state index in [0.29, 0.717) is 12.8 Å². The SMILES string of the molecule is N#[N+]/C=C(\O)CC1CCCCC1=O. The van der Waals surface area contributed by atoms with Crippen LogP contribution in [-0.2, 0) is 4.79 Å². The van der Waals surface area contributed by atoms with Crippen molar-refractivity contribution >= 4 is 5.78 Å². The van der Waals surface area contributed by atoms with E-state index >= 15 is 0 Å². The smallest absolute Gasteiger partial charge is 0.387 e. The Hall–Kier alpha value is -1.37. The lowest BCUT2D eigenvalue weighted by Crippen LogP contribution is -2.19. The van der Waals surface area contributed by atoms with E-state index in [1.165, 1.54) is 0 Å². The standard InChI is InChI=1S/C9H12N2O2/c10-11-6-8(12)5-7-3-1-2-4-9(7)13/h6-7H,1-5H2/p+1/b8-6-. The zero-order valence-corrected chi connectivity index (χ0v) is 7.44. The van der Waals surface area contributed by atoms with Gasteiger partial charge in [-0.25, -0.2) is 0 Å². The normalized spacial score (nSPS) is 24.1. The molecule has 0 amide bonds. The Labute approximate surface area is 76.9 Å². The Balaban J connectivity index is 2.48. The number of hydrogen-bond donors (Lipinski definition) is 1. The number of aliphatic hydroxyl groups excluding tert-OH is 1. The van der Waals surface area contributed by atoms with E-state index in [4.69, 9.17) is 5.39 Å². The van der Waals surface area contributed by atoms with Gasteiger partial charge in [0.15, 0.2) is 10.7 Å². The maximum atomic E-state index is 11.3. The van der Waals surface area contributed by atoms with Crippen molar-refractivity contribution < 1.29 is 9.90 Å². The van der Waals surface area contributed by atoms with Gasteiger partial charge >= 0.3 is 6.20 Å². The molecule has 4 nitrogen and oxygen atoms in total. The van der Waals surface area contributed by atoms with Crippen molar-refractivity contribution in [2.24, 2.45) is 5.92 Å². The van der Waals surface area contributed by atoms with Crippen LogP contribution in [0.4, 0.5) is 0 Å². The monoisotopic (exact) mass is 181 g/mol. The first-order valence-electron chi connectivity index (χ1n) is 4.49. The molecule has 0 saturated heterocycles. The number of carbonyl (C=O) groups excluding carboxylic acids is 1. The highest BCUT2D eigenvalue weighted by molar-refractivity contribution is 5.81. The highest BCUT2D eigenvalue weighted by atomic mass is 16.3. The summed E-state index contributed by atoms with van der Waals surface area (Å²) < 4.78 is 0. The van der Waals surface area contributed by atoms with Crippen LogP contribution >= 0.6 is 0 Å². The molecule has 1 N–H and O–H groups in total. The van der Waals surface area contributed by atoms with Crippen LogP contribution < -0.4 is 0 Å². The maximum Gasteiger partial charge on any atom is 0.387 e. The summed E-state index contributed by atoms with van der Waals surface area (Å²) >= 11 is 0. The predicted molar refractivity (Wildman–Crippen MR) is 47.4 cm³/mol. The molecule has 1 atom stereocenters. The van der Waals surface area contributed by atoms with Crippen LogP contribution in [0.5, 0.6) is 0 Å². The summed E-state index contributed by atoms with van der Waals surface area (Å²) in [5.74, 6) is 0.110. The van der Waals surface area contributed by atoms with Crippen molar-refractivity contribution in [1.82, 2.24) is 0 Å². The number of diazo groups is 1. The summed E-state index contributed by atoms with van der Waals surface area (Å²) in [5, 5.41) is 17.3. The van der Waals surface area contributed by atoms with Crippen molar-refractivity contribution in [3.05, 3.63) is 16.9 Å². The largest absolute Gasteiger partial charge is 0.505 e. The van der Waals surface area contributed by atoms with E-state index in [1.807, 2.05) is 0 Å². The average Bonchev–Trinajstić information content (AvgIpc) is 2.09. The van der Waals surface area contributed by atoms with Gasteiger partial charge in [0, 0.05) is 18.8 Å². The van der Waals surface area contributed by atoms with Crippen molar-refractivity contribution in [2.45, 2.75) is 32.1 Å². The summed E-state index contributed by atoms with van der Waals surface area (Å²) in [4.78, 5) is 14.0. The van der Waals surface area contributed by atoms with Gasteiger partial charge in [0.05, 0.1) is 0 Å². The van der Waals surface area contributed by atoms with Crippen molar-refractivity contribution in [1.29, 1.82) is 5.39 Å². The van der Waals surface area contributed by atoms with Gasteiger partial charge in [0.25, 0.3) is 0 Å². The van der Waals surface area contributed by atoms with Gasteiger partial charge in [-0.15, -0.1) is 0 Å². The van der Waals surface area contributed by atoms with E-state index in [-0.39, 0.29) is 17.5 Å². The first-order valence-corrected chi connectivity index (χ1v) is 4.49. The summed E-state index contributed by atoms with van der Waals surface area (Å²) in [5.41, 5.74) is 0. The molecule has 13 heavy (non-hydrogen) atoms. The quantitative estimate of drug-likeness (QED) is 0.525. The number of rotatable bonds is 2. The van der Waals surface area contributed by atoms with Crippen LogP contribution in [0.25, 0.3) is 4.98 Å². The lowest BCUT2D eigenvalue weighted by atomic mass is 9.85. The minimum Gasteiger partial charge on any atom is -0.505 e. The molecule has 0 bridgehead atoms. The fraction of sp³-hybridized carbons (Fsp3) is 0.667. The number of nitrogens with zero attached hydrogens (tertiary/aromatic N) is 2. The first kappa shape index (κ1) is 9.72. The van der Waals surface area contributed by atoms with Crippen molar-refractivity contribution in [3.63, 3.8) is 0 Å². The molecular formula is C9H13N2O2+. The fourth-order valence-electron chi connectivity index (χ4n) is 1.64. The predicted octanol–water partition coefficient (Wildman–Crippen LogP) is 2.39. The van der Waals surface area contributed by atoms with E-state index < -0.39 is 0 Å². The third-order valence-electron chi connectivity index (χ3n) is 2.34. The lowest BCUT2D eigenvalue weighted by molar-refractivity contribution is -0.124. The van der Waals surface area contributed by atoms with Crippen LogP contribution in [0.15, 0.2) is 12.0 Å². The molecule has 0 heterocycles. The number of Topliss-reactive ketones (excluding diaryl/α,β-unsaturated/α-hetero) is 1. The molecule has 0 aromatic heterocycles. The van der Waals surface area contributed by atoms with Crippen LogP contribution in [0, 0.1) is 11.3 Å². The number of allylic oxidation sites excluding steroid dienone is 1. The highest BCUT2D eigenvalue weighted by Gasteiger charge is 2.23. The zero-order chi connectivity index (χ0) is 9.68. The molecule has 1 rings (SSSR count). The van der Waals surface area contributed by atoms with Crippen molar-refractivity contribution in [2.75, 3.05) is 0 Å². The second kappa shape index (κ2) is 4.61. The molecule has 0 aromatic carbocycles. The van der Waals surface area contributed by atoms with Gasteiger partial charge in [-0.3, -0.25) is 4.79 Å². The van der Waals surface area contributed by atoms with E-state index in [1.54, 1.807) is 0 Å². The number of ketones is 1. The van der Waals surface area contributed by atoms with Gasteiger partial charge in [0.1, 0.15) is 5.78 Å². The van der Waals surface area contributed by atoms with Gasteiger partial charge in [-0.05, 0) is 12.8 Å². The molecule has 1 aliphatic carbocycles. The highest BCUT2D eigenvalue weighted by Crippen LogP contribution is 2.25. The maximum absolute atomic E-state index is 11.3. The fourth-order valence-corrected chi connectivity index (χ4v) is 1.64. The molecule has 0 spiro atoms. The third-order valence-corrected chi connectivity index (χ3v) is 2.34. The topological polar surface area (TPSA) is 65.4 Å². The van der Waals surface area contributed by atoms with Crippen molar-refractivity contribution in [3.8, 4) is 0 Å². The summed E-state index contributed by atoms with van der Waals surface area (Å²) in [7, 11) is 0. The molecule has 4 heteroatoms. The molecule has 1 fully saturated rings. The summed E-state index contributed by atoms with van der Waals surface area (Å²) in [6, 6.07) is 0. The molecule has 1 unspecified atom stereocenters. The van der Waals surface area contributed by atoms with E-state index in [2.05, 4.69) is 4.98 Å². The van der Waals surface area contributed by atoms with Gasteiger partial charge in [-0.1, -0.05) is 6.42 Å². The molecule has 70 valence electrons. The lowest BCUT2D eigenvalue weighted by Gasteiger charge is -2.18. The molecule has 1 aliphatic rings. The Morgan fingerprint density at radius 2 is 2.46 bits per heavy atom. The minimum absolute atomic E-state index is 0.0252. The van der Waals surface area contributed by atoms with Crippen LogP contribution in [-0.4, -0.2) is 10.9 Å². The second-order valence-corrected chi connectivity index (χ2v) is 3.35. The Morgan fingerprint density at radius 1 is 1.69 bits per heavy atom. The molecular weight excluding hydrogens is 168 g/mol. The number of carbonyl (C=O) groups is 1. The van der Waals surface area contributed by atoms with Gasteiger partial charge in [0.2, 0.25) is 5.39 Å². The van der Waals surface area contributed by atoms with Crippen LogP contribution in [0.3, 0.4) is 0 Å². The minimum atomic E-state index is -0.0771. The Morgan fingerprint density at radius 3 is 3.08 bits per heavy atom. The van der Waals surface area contributed by atoms with Gasteiger partial charge in [-0.2, -0.15) is 0 Å². The summed E-state index contributed by atoms with van der Waals surface area (Å²) in [6.45, 7) is 0. The van der Waals surface area contributed by atoms with E-state index in [0.717, 1.165) is 25.5 Å². The zero-order valence-electron chi connectivity index (χ0n) is 7.44. The average molecular weight is 181 g/mol. The summed E-state index contributed by atoms with van der Waals surface area (Å²) in [6.07, 6.45) is 4.74. The number of hydrogen-bond acceptors (Lipinski definition) is 3. The third kappa shape index (κ3) is 2.86. The molecule has 0 radical (unpaired) electrons. The van der Waals surface area contributed by atoms with E-state index in [9.17, 15) is 9.90 Å². The second-order valence-electron chi connectivity index (χ2n) is 3.35. The number of aliphatic hydroxyl groups is 1. The Bertz CT molecular complexity index is 265. The first-order chi connectivity index (χ1) is 6.24. The van der Waals surface area contributed by atoms with Crippen LogP contribution in [0.1, 0.15) is 32.1 Å². The molecule has 0 aromatic rings. The van der Waals surface area contributed by atoms with Gasteiger partial charge < -0.3 is 5.11 Å².